The van der Waals surface area contributed by atoms with E-state index in [1.165, 1.54) is 49.0 Å². The number of ketones is 1. The van der Waals surface area contributed by atoms with Crippen LogP contribution in [0.25, 0.3) is 0 Å². The molecule has 37 heavy (non-hydrogen) atoms. The van der Waals surface area contributed by atoms with Crippen molar-refractivity contribution in [3.05, 3.63) is 95.4 Å². The summed E-state index contributed by atoms with van der Waals surface area (Å²) in [5.41, 5.74) is 10.2. The van der Waals surface area contributed by atoms with E-state index in [0.29, 0.717) is 6.04 Å². The number of terminal acetylenes is 1. The molecule has 0 aliphatic heterocycles. The van der Waals surface area contributed by atoms with E-state index in [2.05, 4.69) is 66.2 Å². The van der Waals surface area contributed by atoms with Crippen molar-refractivity contribution in [1.29, 1.82) is 0 Å². The molecule has 0 saturated carbocycles. The summed E-state index contributed by atoms with van der Waals surface area (Å²) in [4.78, 5) is 10.5. The zero-order chi connectivity index (χ0) is 29.6. The van der Waals surface area contributed by atoms with E-state index in [1.54, 1.807) is 19.1 Å². The van der Waals surface area contributed by atoms with E-state index in [0.717, 1.165) is 17.6 Å². The number of benzene rings is 1. The second-order valence-electron chi connectivity index (χ2n) is 8.61. The van der Waals surface area contributed by atoms with Crippen molar-refractivity contribution in [2.75, 3.05) is 0 Å². The van der Waals surface area contributed by atoms with Crippen LogP contribution < -0.4 is 5.73 Å². The van der Waals surface area contributed by atoms with Gasteiger partial charge in [0.1, 0.15) is 5.82 Å². The van der Waals surface area contributed by atoms with Crippen LogP contribution in [0.3, 0.4) is 0 Å². The van der Waals surface area contributed by atoms with Crippen molar-refractivity contribution in [2.24, 2.45) is 5.73 Å². The first-order valence-corrected chi connectivity index (χ1v) is 13.1. The molecular formula is C34H54FNO. The number of nitrogens with two attached hydrogens (primary N) is 1. The first-order chi connectivity index (χ1) is 17.5. The maximum atomic E-state index is 12.1. The maximum absolute atomic E-state index is 12.1. The minimum Gasteiger partial charge on any atom is -0.328 e. The fraction of sp³-hybridized carbons (Fsp3) is 0.441. The van der Waals surface area contributed by atoms with Crippen LogP contribution in [0.5, 0.6) is 0 Å². The number of hydrogen-bond donors (Lipinski definition) is 1. The molecule has 0 unspecified atom stereocenters. The second kappa shape index (κ2) is 31.1. The number of rotatable bonds is 9. The lowest BCUT2D eigenvalue weighted by Crippen LogP contribution is -2.18. The molecule has 208 valence electrons. The van der Waals surface area contributed by atoms with Crippen LogP contribution >= 0.6 is 0 Å². The van der Waals surface area contributed by atoms with Crippen molar-refractivity contribution in [1.82, 2.24) is 0 Å². The van der Waals surface area contributed by atoms with E-state index in [4.69, 9.17) is 5.73 Å². The summed E-state index contributed by atoms with van der Waals surface area (Å²) in [6.45, 7) is 21.6. The van der Waals surface area contributed by atoms with Gasteiger partial charge in [-0.2, -0.15) is 0 Å². The van der Waals surface area contributed by atoms with Crippen molar-refractivity contribution >= 4 is 5.78 Å². The van der Waals surface area contributed by atoms with Crippen LogP contribution in [0, 0.1) is 25.6 Å². The number of aryl methyl sites for hydroxylation is 1. The molecule has 0 spiro atoms. The van der Waals surface area contributed by atoms with Crippen molar-refractivity contribution in [2.45, 2.75) is 100 Å². The number of carbonyl (C=O) groups excluding carboxylic acids is 1. The molecule has 0 atom stereocenters. The van der Waals surface area contributed by atoms with Crippen molar-refractivity contribution in [3.63, 3.8) is 0 Å². The summed E-state index contributed by atoms with van der Waals surface area (Å²) in [5.74, 6) is -0.0382. The van der Waals surface area contributed by atoms with E-state index >= 15 is 0 Å². The zero-order valence-corrected chi connectivity index (χ0v) is 25.1. The number of Topliss-reactive ketones (excluding diaryl/α,β-unsaturated/α-hetero) is 1. The predicted molar refractivity (Wildman–Crippen MR) is 166 cm³/mol. The Labute approximate surface area is 229 Å². The first kappa shape index (κ1) is 41.2. The maximum Gasteiger partial charge on any atom is 0.155 e. The summed E-state index contributed by atoms with van der Waals surface area (Å²) >= 11 is 0. The largest absolute Gasteiger partial charge is 0.328 e. The number of halogens is 1. The Hall–Kier alpha value is -2.96. The molecule has 0 aliphatic rings. The van der Waals surface area contributed by atoms with Gasteiger partial charge >= 0.3 is 0 Å². The van der Waals surface area contributed by atoms with Gasteiger partial charge in [-0.05, 0) is 84.1 Å². The number of allylic oxidation sites excluding steroid dienone is 9. The summed E-state index contributed by atoms with van der Waals surface area (Å²) in [6, 6.07) is 6.86. The summed E-state index contributed by atoms with van der Waals surface area (Å²) in [7, 11) is 0. The van der Waals surface area contributed by atoms with Crippen LogP contribution in [-0.4, -0.2) is 11.8 Å². The van der Waals surface area contributed by atoms with Gasteiger partial charge in [-0.15, -0.1) is 12.8 Å². The molecule has 0 heterocycles. The average molecular weight is 512 g/mol. The molecule has 2 nitrogen and oxygen atoms in total. The lowest BCUT2D eigenvalue weighted by molar-refractivity contribution is -0.113. The average Bonchev–Trinajstić information content (AvgIpc) is 2.87. The molecule has 0 bridgehead atoms. The van der Waals surface area contributed by atoms with E-state index < -0.39 is 0 Å². The predicted octanol–water partition coefficient (Wildman–Crippen LogP) is 9.87. The Morgan fingerprint density at radius 1 is 0.973 bits per heavy atom. The number of carbonyl (C=O) groups is 1. The number of hydrogen-bond acceptors (Lipinski definition) is 2. The highest BCUT2D eigenvalue weighted by atomic mass is 19.1. The smallest absolute Gasteiger partial charge is 0.155 e. The molecule has 1 aromatic carbocycles. The third-order valence-corrected chi connectivity index (χ3v) is 4.73. The molecule has 0 fully saturated rings. The highest BCUT2D eigenvalue weighted by Gasteiger charge is 1.96. The molecule has 0 amide bonds. The highest BCUT2D eigenvalue weighted by Crippen LogP contribution is 2.02. The fourth-order valence-corrected chi connectivity index (χ4v) is 2.38. The Morgan fingerprint density at radius 2 is 1.46 bits per heavy atom. The van der Waals surface area contributed by atoms with Gasteiger partial charge in [0.2, 0.25) is 0 Å². The van der Waals surface area contributed by atoms with Gasteiger partial charge in [-0.1, -0.05) is 99.9 Å². The molecule has 2 N–H and O–H groups in total. The van der Waals surface area contributed by atoms with Gasteiger partial charge in [0.15, 0.2) is 5.78 Å². The second-order valence-corrected chi connectivity index (χ2v) is 8.61. The third-order valence-electron chi connectivity index (χ3n) is 4.73. The lowest BCUT2D eigenvalue weighted by Gasteiger charge is -2.05. The molecule has 0 aromatic heterocycles. The highest BCUT2D eigenvalue weighted by molar-refractivity contribution is 5.92. The van der Waals surface area contributed by atoms with Gasteiger partial charge < -0.3 is 5.73 Å². The summed E-state index contributed by atoms with van der Waals surface area (Å²) < 4.78 is 12.1. The molecule has 1 rings (SSSR count). The van der Waals surface area contributed by atoms with Gasteiger partial charge in [0, 0.05) is 6.04 Å². The summed E-state index contributed by atoms with van der Waals surface area (Å²) in [6.07, 6.45) is 25.6. The Morgan fingerprint density at radius 3 is 1.76 bits per heavy atom. The Bertz CT molecular complexity index is 792. The Balaban J connectivity index is -0.000000192. The van der Waals surface area contributed by atoms with Crippen molar-refractivity contribution < 1.29 is 9.18 Å². The quantitative estimate of drug-likeness (QED) is 0.204. The normalized spacial score (nSPS) is 10.3. The molecular weight excluding hydrogens is 457 g/mol. The standard InChI is InChI=1S/C10H16.C8H12O.C7H7F.C7H17N.C2H2/c1-5-10(6-2)8-7-9(3)4;1-4-5-6-7(2)8(3)9;1-6-2-4-7(8)5-3-6;1-3-5-7(8)6-4-2;1-2/h5,7-8H,1,6H2,2-4H3;4-6H,1-3H3;2-5H,1H3;7H,3-6,8H2,1-2H3;1-2H/b10-8+;5-4-,7-6+;;;. The van der Waals surface area contributed by atoms with Gasteiger partial charge in [-0.25, -0.2) is 4.39 Å². The molecule has 3 heteroatoms. The molecule has 0 aliphatic carbocycles. The molecule has 0 saturated heterocycles. The van der Waals surface area contributed by atoms with Crippen LogP contribution in [0.15, 0.2) is 84.0 Å². The molecule has 1 aromatic rings. The lowest BCUT2D eigenvalue weighted by atomic mass is 10.1. The topological polar surface area (TPSA) is 43.1 Å². The zero-order valence-electron chi connectivity index (χ0n) is 25.1. The third kappa shape index (κ3) is 35.3. The summed E-state index contributed by atoms with van der Waals surface area (Å²) in [5, 5.41) is 0. The van der Waals surface area contributed by atoms with Gasteiger partial charge in [0.25, 0.3) is 0 Å². The van der Waals surface area contributed by atoms with Gasteiger partial charge in [0.05, 0.1) is 0 Å². The minimum atomic E-state index is -0.171. The van der Waals surface area contributed by atoms with Crippen LogP contribution in [-0.2, 0) is 4.79 Å². The SMILES string of the molecule is C#C.C/C=C\C=C(/C)C(C)=O.C=C/C(=C\C=C(C)C)CC.CCCC(N)CCC.Cc1ccc(F)cc1. The minimum absolute atomic E-state index is 0.133. The van der Waals surface area contributed by atoms with Crippen molar-refractivity contribution in [3.8, 4) is 12.8 Å². The van der Waals surface area contributed by atoms with Crippen LogP contribution in [0.2, 0.25) is 0 Å². The van der Waals surface area contributed by atoms with E-state index in [1.807, 2.05) is 45.1 Å². The van der Waals surface area contributed by atoms with E-state index in [-0.39, 0.29) is 11.6 Å². The van der Waals surface area contributed by atoms with Gasteiger partial charge in [-0.3, -0.25) is 4.79 Å². The Kier molecular flexibility index (Phi) is 34.6. The fourth-order valence-electron chi connectivity index (χ4n) is 2.38. The first-order valence-electron chi connectivity index (χ1n) is 13.1. The van der Waals surface area contributed by atoms with Crippen LogP contribution in [0.4, 0.5) is 4.39 Å². The monoisotopic (exact) mass is 511 g/mol. The van der Waals surface area contributed by atoms with E-state index in [9.17, 15) is 9.18 Å². The molecule has 0 radical (unpaired) electrons. The van der Waals surface area contributed by atoms with Crippen LogP contribution in [0.1, 0.15) is 93.1 Å².